The van der Waals surface area contributed by atoms with Crippen LogP contribution in [-0.4, -0.2) is 10.1 Å². The van der Waals surface area contributed by atoms with E-state index in [0.717, 1.165) is 28.6 Å². The fourth-order valence-electron chi connectivity index (χ4n) is 2.20. The van der Waals surface area contributed by atoms with Gasteiger partial charge in [-0.25, -0.2) is 0 Å². The van der Waals surface area contributed by atoms with Crippen LogP contribution in [-0.2, 0) is 6.18 Å². The second kappa shape index (κ2) is 5.93. The number of aromatic nitrogens is 1. The second-order valence-electron chi connectivity index (χ2n) is 4.74. The average Bonchev–Trinajstić information content (AvgIpc) is 2.81. The summed E-state index contributed by atoms with van der Waals surface area (Å²) in [6, 6.07) is 9.88. The van der Waals surface area contributed by atoms with Gasteiger partial charge in [-0.1, -0.05) is 12.1 Å². The number of phenols is 1. The summed E-state index contributed by atoms with van der Waals surface area (Å²) in [5.74, 6) is 0.143. The van der Waals surface area contributed by atoms with Crippen molar-refractivity contribution in [1.29, 1.82) is 0 Å². The van der Waals surface area contributed by atoms with Gasteiger partial charge < -0.3 is 10.1 Å². The van der Waals surface area contributed by atoms with Crippen molar-refractivity contribution < 1.29 is 18.3 Å². The molecule has 2 aromatic carbocycles. The molecule has 6 heteroatoms. The Kier molecular flexibility index (Phi) is 4.37. The third kappa shape index (κ3) is 3.20. The zero-order valence-corrected chi connectivity index (χ0v) is 12.0. The lowest BCUT2D eigenvalue weighted by atomic mass is 10.0. The SMILES string of the molecule is Cl.Oc1ccc2[nH]cc([CH]c3ccc(C(F)(F)F)cc3)c2c1. The van der Waals surface area contributed by atoms with Gasteiger partial charge >= 0.3 is 6.18 Å². The number of phenolic OH excluding ortho intramolecular Hbond substituents is 1. The number of hydrogen-bond acceptors (Lipinski definition) is 1. The van der Waals surface area contributed by atoms with E-state index in [-0.39, 0.29) is 18.2 Å². The Morgan fingerprint density at radius 3 is 2.32 bits per heavy atom. The molecule has 0 saturated heterocycles. The molecule has 0 aliphatic rings. The van der Waals surface area contributed by atoms with Crippen LogP contribution in [0.5, 0.6) is 5.75 Å². The van der Waals surface area contributed by atoms with Gasteiger partial charge in [0.25, 0.3) is 0 Å². The van der Waals surface area contributed by atoms with E-state index >= 15 is 0 Å². The molecule has 0 atom stereocenters. The number of hydrogen-bond donors (Lipinski definition) is 2. The lowest BCUT2D eigenvalue weighted by molar-refractivity contribution is -0.137. The number of aromatic amines is 1. The quantitative estimate of drug-likeness (QED) is 0.689. The van der Waals surface area contributed by atoms with Crippen molar-refractivity contribution >= 4 is 23.3 Å². The van der Waals surface area contributed by atoms with Crippen LogP contribution in [0.3, 0.4) is 0 Å². The summed E-state index contributed by atoms with van der Waals surface area (Å²) >= 11 is 0. The highest BCUT2D eigenvalue weighted by Gasteiger charge is 2.29. The van der Waals surface area contributed by atoms with Crippen molar-refractivity contribution in [3.63, 3.8) is 0 Å². The van der Waals surface area contributed by atoms with Crippen LogP contribution >= 0.6 is 12.4 Å². The summed E-state index contributed by atoms with van der Waals surface area (Å²) in [7, 11) is 0. The second-order valence-corrected chi connectivity index (χ2v) is 4.74. The zero-order valence-electron chi connectivity index (χ0n) is 11.2. The molecule has 0 unspecified atom stereocenters. The van der Waals surface area contributed by atoms with Crippen LogP contribution in [0.25, 0.3) is 10.9 Å². The lowest BCUT2D eigenvalue weighted by Gasteiger charge is -2.07. The van der Waals surface area contributed by atoms with E-state index in [4.69, 9.17) is 0 Å². The molecule has 0 aliphatic heterocycles. The fourth-order valence-corrected chi connectivity index (χ4v) is 2.20. The Hall–Kier alpha value is -2.14. The van der Waals surface area contributed by atoms with E-state index in [0.29, 0.717) is 5.56 Å². The number of rotatable bonds is 2. The van der Waals surface area contributed by atoms with E-state index in [1.807, 2.05) is 0 Å². The Bertz CT molecular complexity index is 778. The summed E-state index contributed by atoms with van der Waals surface area (Å²) < 4.78 is 37.5. The Balaban J connectivity index is 0.00000176. The van der Waals surface area contributed by atoms with Gasteiger partial charge in [0, 0.05) is 23.5 Å². The van der Waals surface area contributed by atoms with Crippen molar-refractivity contribution in [2.45, 2.75) is 6.18 Å². The molecule has 0 saturated carbocycles. The molecule has 2 nitrogen and oxygen atoms in total. The Morgan fingerprint density at radius 1 is 1.00 bits per heavy atom. The monoisotopic (exact) mass is 326 g/mol. The van der Waals surface area contributed by atoms with Gasteiger partial charge in [-0.3, -0.25) is 0 Å². The largest absolute Gasteiger partial charge is 0.508 e. The van der Waals surface area contributed by atoms with Crippen molar-refractivity contribution in [3.8, 4) is 5.75 Å². The van der Waals surface area contributed by atoms with E-state index in [9.17, 15) is 18.3 Å². The van der Waals surface area contributed by atoms with Crippen LogP contribution in [0, 0.1) is 6.42 Å². The smallest absolute Gasteiger partial charge is 0.416 e. The number of H-pyrrole nitrogens is 1. The average molecular weight is 327 g/mol. The van der Waals surface area contributed by atoms with Crippen LogP contribution in [0.4, 0.5) is 13.2 Å². The van der Waals surface area contributed by atoms with Crippen LogP contribution in [0.1, 0.15) is 16.7 Å². The first-order valence-corrected chi connectivity index (χ1v) is 6.25. The van der Waals surface area contributed by atoms with Gasteiger partial charge in [0.05, 0.1) is 5.56 Å². The molecule has 1 radical (unpaired) electrons. The van der Waals surface area contributed by atoms with E-state index < -0.39 is 11.7 Å². The molecule has 0 aliphatic carbocycles. The maximum absolute atomic E-state index is 12.5. The molecule has 0 bridgehead atoms. The van der Waals surface area contributed by atoms with E-state index in [1.165, 1.54) is 12.1 Å². The maximum atomic E-state index is 12.5. The maximum Gasteiger partial charge on any atom is 0.416 e. The first-order valence-electron chi connectivity index (χ1n) is 6.25. The molecule has 22 heavy (non-hydrogen) atoms. The Labute approximate surface area is 131 Å². The normalized spacial score (nSPS) is 11.4. The van der Waals surface area contributed by atoms with Crippen LogP contribution in [0.15, 0.2) is 48.7 Å². The van der Waals surface area contributed by atoms with Gasteiger partial charge in [0.15, 0.2) is 0 Å². The highest BCUT2D eigenvalue weighted by molar-refractivity contribution is 5.86. The molecule has 2 N–H and O–H groups in total. The molecule has 1 aromatic heterocycles. The fraction of sp³-hybridized carbons (Fsp3) is 0.0625. The summed E-state index contributed by atoms with van der Waals surface area (Å²) in [6.45, 7) is 0. The summed E-state index contributed by atoms with van der Waals surface area (Å²) in [4.78, 5) is 3.05. The minimum Gasteiger partial charge on any atom is -0.508 e. The van der Waals surface area contributed by atoms with Crippen molar-refractivity contribution in [3.05, 3.63) is 71.8 Å². The van der Waals surface area contributed by atoms with Crippen LogP contribution < -0.4 is 0 Å². The molecule has 0 spiro atoms. The van der Waals surface area contributed by atoms with Crippen molar-refractivity contribution in [2.24, 2.45) is 0 Å². The standard InChI is InChI=1S/C16H11F3NO.ClH/c17-16(18,19)12-3-1-10(2-4-12)7-11-9-20-15-6-5-13(21)8-14(11)15;/h1-9,20-21H;1H. The highest BCUT2D eigenvalue weighted by atomic mass is 35.5. The predicted molar refractivity (Wildman–Crippen MR) is 81.2 cm³/mol. The molecule has 3 aromatic rings. The summed E-state index contributed by atoms with van der Waals surface area (Å²) in [5.41, 5.74) is 1.65. The number of aromatic hydroxyl groups is 1. The number of nitrogens with one attached hydrogen (secondary N) is 1. The molecular formula is C16H12ClF3NO. The molecule has 0 amide bonds. The molecule has 3 rings (SSSR count). The third-order valence-electron chi connectivity index (χ3n) is 3.26. The lowest BCUT2D eigenvalue weighted by Crippen LogP contribution is -2.04. The van der Waals surface area contributed by atoms with Gasteiger partial charge in [-0.2, -0.15) is 13.2 Å². The third-order valence-corrected chi connectivity index (χ3v) is 3.26. The highest BCUT2D eigenvalue weighted by Crippen LogP contribution is 2.30. The molecule has 0 fully saturated rings. The number of halogens is 4. The minimum atomic E-state index is -4.33. The first-order chi connectivity index (χ1) is 9.93. The van der Waals surface area contributed by atoms with Gasteiger partial charge in [0.2, 0.25) is 0 Å². The van der Waals surface area contributed by atoms with Gasteiger partial charge in [-0.15, -0.1) is 12.4 Å². The first kappa shape index (κ1) is 16.2. The molecule has 115 valence electrons. The Morgan fingerprint density at radius 2 is 1.68 bits per heavy atom. The van der Waals surface area contributed by atoms with Crippen molar-refractivity contribution in [1.82, 2.24) is 4.98 Å². The summed E-state index contributed by atoms with van der Waals surface area (Å²) in [6.07, 6.45) is -0.814. The van der Waals surface area contributed by atoms with Crippen LogP contribution in [0.2, 0.25) is 0 Å². The predicted octanol–water partition coefficient (Wildman–Crippen LogP) is 4.91. The van der Waals surface area contributed by atoms with Gasteiger partial charge in [-0.05, 0) is 41.5 Å². The zero-order chi connectivity index (χ0) is 15.0. The number of benzene rings is 2. The van der Waals surface area contributed by atoms with Crippen molar-refractivity contribution in [2.75, 3.05) is 0 Å². The topological polar surface area (TPSA) is 36.0 Å². The van der Waals surface area contributed by atoms with Gasteiger partial charge in [0.1, 0.15) is 5.75 Å². The molecule has 1 heterocycles. The summed E-state index contributed by atoms with van der Waals surface area (Å²) in [5, 5.41) is 10.3. The number of fused-ring (bicyclic) bond motifs is 1. The van der Waals surface area contributed by atoms with E-state index in [2.05, 4.69) is 4.98 Å². The van der Waals surface area contributed by atoms with E-state index in [1.54, 1.807) is 30.8 Å². The molecular weight excluding hydrogens is 315 g/mol. The number of alkyl halides is 3. The minimum absolute atomic E-state index is 0.